The number of amides is 2. The third-order valence-corrected chi connectivity index (χ3v) is 6.36. The van der Waals surface area contributed by atoms with Gasteiger partial charge in [0.05, 0.1) is 6.20 Å². The zero-order chi connectivity index (χ0) is 19.0. The summed E-state index contributed by atoms with van der Waals surface area (Å²) in [6.45, 7) is 3.64. The summed E-state index contributed by atoms with van der Waals surface area (Å²) in [6, 6.07) is 0. The van der Waals surface area contributed by atoms with E-state index in [9.17, 15) is 14.4 Å². The molecule has 27 heavy (non-hydrogen) atoms. The van der Waals surface area contributed by atoms with Crippen LogP contribution in [-0.2, 0) is 4.79 Å². The van der Waals surface area contributed by atoms with Crippen molar-refractivity contribution in [1.82, 2.24) is 24.7 Å². The van der Waals surface area contributed by atoms with Gasteiger partial charge in [-0.3, -0.25) is 19.3 Å². The first kappa shape index (κ1) is 18.2. The van der Waals surface area contributed by atoms with Gasteiger partial charge < -0.3 is 14.8 Å². The van der Waals surface area contributed by atoms with Gasteiger partial charge in [0.15, 0.2) is 0 Å². The van der Waals surface area contributed by atoms with E-state index in [0.717, 1.165) is 38.7 Å². The largest absolute Gasteiger partial charge is 0.342 e. The Hall–Kier alpha value is -2.22. The number of nitrogens with one attached hydrogen (secondary N) is 1. The Morgan fingerprint density at radius 1 is 1.26 bits per heavy atom. The normalized spacial score (nSPS) is 27.1. The molecule has 146 valence electrons. The van der Waals surface area contributed by atoms with Crippen LogP contribution in [0.3, 0.4) is 0 Å². The molecular formula is C19H27N5O3. The smallest absolute Gasteiger partial charge is 0.274 e. The maximum absolute atomic E-state index is 12.9. The van der Waals surface area contributed by atoms with E-state index in [-0.39, 0.29) is 28.6 Å². The Morgan fingerprint density at radius 3 is 2.78 bits per heavy atom. The minimum absolute atomic E-state index is 0.163. The second-order valence-electron chi connectivity index (χ2n) is 8.20. The van der Waals surface area contributed by atoms with Crippen LogP contribution in [0.2, 0.25) is 0 Å². The molecule has 0 bridgehead atoms. The van der Waals surface area contributed by atoms with E-state index in [1.54, 1.807) is 0 Å². The number of likely N-dealkylation sites (N-methyl/N-ethyl adjacent to an activating group) is 1. The zero-order valence-electron chi connectivity index (χ0n) is 15.8. The van der Waals surface area contributed by atoms with Crippen molar-refractivity contribution in [2.45, 2.75) is 37.6 Å². The molecule has 0 radical (unpaired) electrons. The van der Waals surface area contributed by atoms with Gasteiger partial charge in [0, 0.05) is 50.9 Å². The molecule has 2 aliphatic heterocycles. The molecule has 1 aliphatic carbocycles. The number of rotatable bonds is 3. The van der Waals surface area contributed by atoms with Gasteiger partial charge >= 0.3 is 0 Å². The molecule has 3 heterocycles. The lowest BCUT2D eigenvalue weighted by molar-refractivity contribution is -0.130. The molecule has 1 spiro atoms. The molecule has 0 unspecified atom stereocenters. The SMILES string of the molecule is CN1CCN(C(=O)c2c[nH]c(=O)cn2)C[C@@]12CCC(=O)N(CC1CC1)CC2. The van der Waals surface area contributed by atoms with E-state index in [1.807, 2.05) is 9.80 Å². The molecule has 1 N–H and O–H groups in total. The summed E-state index contributed by atoms with van der Waals surface area (Å²) in [5, 5.41) is 0. The van der Waals surface area contributed by atoms with Gasteiger partial charge in [-0.2, -0.15) is 0 Å². The van der Waals surface area contributed by atoms with Crippen LogP contribution in [0.4, 0.5) is 0 Å². The van der Waals surface area contributed by atoms with Crippen LogP contribution < -0.4 is 5.56 Å². The van der Waals surface area contributed by atoms with Gasteiger partial charge in [0.2, 0.25) is 5.91 Å². The molecular weight excluding hydrogens is 346 g/mol. The highest BCUT2D eigenvalue weighted by Crippen LogP contribution is 2.35. The minimum atomic E-state index is -0.320. The van der Waals surface area contributed by atoms with E-state index in [2.05, 4.69) is 21.9 Å². The molecule has 1 aromatic rings. The van der Waals surface area contributed by atoms with Crippen molar-refractivity contribution in [1.29, 1.82) is 0 Å². The van der Waals surface area contributed by atoms with E-state index in [1.165, 1.54) is 19.0 Å². The van der Waals surface area contributed by atoms with Crippen LogP contribution >= 0.6 is 0 Å². The molecule has 8 nitrogen and oxygen atoms in total. The van der Waals surface area contributed by atoms with Gasteiger partial charge in [-0.1, -0.05) is 0 Å². The lowest BCUT2D eigenvalue weighted by Gasteiger charge is -2.49. The van der Waals surface area contributed by atoms with E-state index in [0.29, 0.717) is 25.4 Å². The zero-order valence-corrected chi connectivity index (χ0v) is 15.8. The number of hydrogen-bond donors (Lipinski definition) is 1. The van der Waals surface area contributed by atoms with Gasteiger partial charge in [-0.15, -0.1) is 0 Å². The van der Waals surface area contributed by atoms with Crippen molar-refractivity contribution < 1.29 is 9.59 Å². The minimum Gasteiger partial charge on any atom is -0.342 e. The predicted molar refractivity (Wildman–Crippen MR) is 99.3 cm³/mol. The number of carbonyl (C=O) groups is 2. The van der Waals surface area contributed by atoms with E-state index in [4.69, 9.17) is 0 Å². The second-order valence-corrected chi connectivity index (χ2v) is 8.20. The highest BCUT2D eigenvalue weighted by molar-refractivity contribution is 5.92. The first-order chi connectivity index (χ1) is 13.0. The van der Waals surface area contributed by atoms with E-state index < -0.39 is 0 Å². The monoisotopic (exact) mass is 373 g/mol. The Bertz CT molecular complexity index is 769. The van der Waals surface area contributed by atoms with Crippen LogP contribution in [0, 0.1) is 5.92 Å². The van der Waals surface area contributed by atoms with Crippen molar-refractivity contribution in [3.05, 3.63) is 28.4 Å². The van der Waals surface area contributed by atoms with Crippen LogP contribution in [-0.4, -0.2) is 81.8 Å². The fourth-order valence-electron chi connectivity index (χ4n) is 4.29. The summed E-state index contributed by atoms with van der Waals surface area (Å²) in [7, 11) is 2.10. The topological polar surface area (TPSA) is 89.6 Å². The molecule has 0 aromatic carbocycles. The molecule has 8 heteroatoms. The van der Waals surface area contributed by atoms with Crippen molar-refractivity contribution in [2.24, 2.45) is 5.92 Å². The molecule has 2 amide bonds. The third kappa shape index (κ3) is 3.76. The predicted octanol–water partition coefficient (Wildman–Crippen LogP) is 0.319. The molecule has 4 rings (SSSR count). The summed E-state index contributed by atoms with van der Waals surface area (Å²) in [5.41, 5.74) is -0.238. The maximum atomic E-state index is 12.9. The fourth-order valence-corrected chi connectivity index (χ4v) is 4.29. The van der Waals surface area contributed by atoms with Gasteiger partial charge in [0.25, 0.3) is 11.5 Å². The average molecular weight is 373 g/mol. The van der Waals surface area contributed by atoms with Crippen LogP contribution in [0.25, 0.3) is 0 Å². The summed E-state index contributed by atoms with van der Waals surface area (Å²) in [4.78, 5) is 49.3. The quantitative estimate of drug-likeness (QED) is 0.824. The number of H-pyrrole nitrogens is 1. The number of carbonyl (C=O) groups excluding carboxylic acids is 2. The summed E-state index contributed by atoms with van der Waals surface area (Å²) in [5.74, 6) is 0.776. The first-order valence-electron chi connectivity index (χ1n) is 9.80. The lowest BCUT2D eigenvalue weighted by atomic mass is 9.86. The number of likely N-dealkylation sites (tertiary alicyclic amines) is 1. The first-order valence-corrected chi connectivity index (χ1v) is 9.80. The van der Waals surface area contributed by atoms with Crippen molar-refractivity contribution in [3.8, 4) is 0 Å². The van der Waals surface area contributed by atoms with Crippen LogP contribution in [0.1, 0.15) is 42.6 Å². The highest BCUT2D eigenvalue weighted by atomic mass is 16.2. The van der Waals surface area contributed by atoms with Crippen molar-refractivity contribution in [3.63, 3.8) is 0 Å². The Balaban J connectivity index is 1.49. The van der Waals surface area contributed by atoms with Crippen LogP contribution in [0.5, 0.6) is 0 Å². The van der Waals surface area contributed by atoms with Crippen molar-refractivity contribution in [2.75, 3.05) is 39.8 Å². The Kier molecular flexibility index (Phi) is 4.75. The number of aromatic amines is 1. The van der Waals surface area contributed by atoms with Crippen molar-refractivity contribution >= 4 is 11.8 Å². The van der Waals surface area contributed by atoms with Crippen LogP contribution in [0.15, 0.2) is 17.2 Å². The Morgan fingerprint density at radius 2 is 2.07 bits per heavy atom. The van der Waals surface area contributed by atoms with E-state index >= 15 is 0 Å². The second kappa shape index (κ2) is 7.07. The molecule has 1 saturated carbocycles. The summed E-state index contributed by atoms with van der Waals surface area (Å²) >= 11 is 0. The third-order valence-electron chi connectivity index (χ3n) is 6.36. The molecule has 1 aromatic heterocycles. The summed E-state index contributed by atoms with van der Waals surface area (Å²) in [6.07, 6.45) is 7.18. The fraction of sp³-hybridized carbons (Fsp3) is 0.684. The Labute approximate surface area is 158 Å². The van der Waals surface area contributed by atoms with Gasteiger partial charge in [-0.25, -0.2) is 4.98 Å². The lowest BCUT2D eigenvalue weighted by Crippen LogP contribution is -2.62. The molecule has 2 saturated heterocycles. The molecule has 1 atom stereocenters. The number of aromatic nitrogens is 2. The molecule has 3 aliphatic rings. The maximum Gasteiger partial charge on any atom is 0.274 e. The highest BCUT2D eigenvalue weighted by Gasteiger charge is 2.44. The number of nitrogens with zero attached hydrogens (tertiary/aromatic N) is 4. The van der Waals surface area contributed by atoms with Gasteiger partial charge in [0.1, 0.15) is 5.69 Å². The standard InChI is InChI=1S/C19H27N5O3/c1-22-8-9-24(18(27)15-10-21-16(25)11-20-15)13-19(22)5-4-17(26)23(7-6-19)12-14-2-3-14/h10-11,14H,2-9,12-13H2,1H3,(H,21,25)/t19-/m0/s1. The summed E-state index contributed by atoms with van der Waals surface area (Å²) < 4.78 is 0. The van der Waals surface area contributed by atoms with Gasteiger partial charge in [-0.05, 0) is 38.6 Å². The number of piperazine rings is 1. The molecule has 3 fully saturated rings. The number of hydrogen-bond acceptors (Lipinski definition) is 5. The average Bonchev–Trinajstić information content (AvgIpc) is 3.50.